The molecule has 1 N–H and O–H groups in total. The molecule has 0 fully saturated rings. The molecule has 0 unspecified atom stereocenters. The zero-order valence-corrected chi connectivity index (χ0v) is 12.4. The summed E-state index contributed by atoms with van der Waals surface area (Å²) in [5.74, 6) is 0. The van der Waals surface area contributed by atoms with E-state index < -0.39 is 0 Å². The van der Waals surface area contributed by atoms with Crippen LogP contribution in [0, 0.1) is 12.3 Å². The lowest BCUT2D eigenvalue weighted by Crippen LogP contribution is -2.17. The maximum absolute atomic E-state index is 10.9. The van der Waals surface area contributed by atoms with Gasteiger partial charge in [0.2, 0.25) is 0 Å². The standard InChI is InChI=1S/C16H18N2OS/c1-11-6-7-12(8-9-19)14(10-11)18-13-4-2-3-5-15(13)20-16(18)17/h6-7,9-10,17H,2-5,8H2,1H3. The molecule has 0 amide bonds. The zero-order chi connectivity index (χ0) is 14.1. The van der Waals surface area contributed by atoms with Gasteiger partial charge in [-0.1, -0.05) is 12.1 Å². The van der Waals surface area contributed by atoms with Crippen LogP contribution < -0.4 is 4.80 Å². The Kier molecular flexibility index (Phi) is 3.57. The van der Waals surface area contributed by atoms with Gasteiger partial charge in [0.1, 0.15) is 6.29 Å². The van der Waals surface area contributed by atoms with E-state index in [1.807, 2.05) is 12.1 Å². The Morgan fingerprint density at radius 1 is 1.35 bits per heavy atom. The highest BCUT2D eigenvalue weighted by Crippen LogP contribution is 2.27. The molecule has 3 rings (SSSR count). The second-order valence-corrected chi connectivity index (χ2v) is 6.41. The van der Waals surface area contributed by atoms with Gasteiger partial charge in [0, 0.05) is 17.0 Å². The Morgan fingerprint density at radius 3 is 2.95 bits per heavy atom. The number of rotatable bonds is 3. The molecule has 1 heterocycles. The largest absolute Gasteiger partial charge is 0.303 e. The van der Waals surface area contributed by atoms with Gasteiger partial charge in [0.05, 0.1) is 5.69 Å². The monoisotopic (exact) mass is 286 g/mol. The third-order valence-electron chi connectivity index (χ3n) is 3.87. The van der Waals surface area contributed by atoms with Crippen LogP contribution in [0.2, 0.25) is 0 Å². The van der Waals surface area contributed by atoms with E-state index in [0.717, 1.165) is 35.9 Å². The van der Waals surface area contributed by atoms with Gasteiger partial charge in [-0.25, -0.2) is 0 Å². The number of nitrogens with zero attached hydrogens (tertiary/aromatic N) is 1. The summed E-state index contributed by atoms with van der Waals surface area (Å²) in [5.41, 5.74) is 4.47. The second-order valence-electron chi connectivity index (χ2n) is 5.32. The summed E-state index contributed by atoms with van der Waals surface area (Å²) in [4.78, 5) is 12.8. The third kappa shape index (κ3) is 2.24. The van der Waals surface area contributed by atoms with Crippen LogP contribution in [0.5, 0.6) is 0 Å². The van der Waals surface area contributed by atoms with Crippen LogP contribution in [0.3, 0.4) is 0 Å². The average Bonchev–Trinajstić information content (AvgIpc) is 2.77. The van der Waals surface area contributed by atoms with Crippen LogP contribution in [0.25, 0.3) is 5.69 Å². The first-order valence-corrected chi connectivity index (χ1v) is 7.84. The molecule has 0 spiro atoms. The van der Waals surface area contributed by atoms with Gasteiger partial charge in [0.15, 0.2) is 4.80 Å². The highest BCUT2D eigenvalue weighted by Gasteiger charge is 2.19. The summed E-state index contributed by atoms with van der Waals surface area (Å²) in [6.45, 7) is 2.05. The fraction of sp³-hybridized carbons (Fsp3) is 0.375. The number of hydrogen-bond acceptors (Lipinski definition) is 3. The Bertz CT molecular complexity index is 712. The number of aryl methyl sites for hydroxylation is 2. The number of nitrogens with one attached hydrogen (secondary N) is 1. The van der Waals surface area contributed by atoms with Crippen molar-refractivity contribution in [2.75, 3.05) is 0 Å². The van der Waals surface area contributed by atoms with E-state index in [-0.39, 0.29) is 0 Å². The van der Waals surface area contributed by atoms with Gasteiger partial charge >= 0.3 is 0 Å². The molecule has 20 heavy (non-hydrogen) atoms. The molecule has 0 bridgehead atoms. The predicted octanol–water partition coefficient (Wildman–Crippen LogP) is 2.95. The molecule has 0 aliphatic heterocycles. The molecular weight excluding hydrogens is 268 g/mol. The smallest absolute Gasteiger partial charge is 0.187 e. The Balaban J connectivity index is 2.23. The minimum atomic E-state index is 0.409. The number of hydrogen-bond donors (Lipinski definition) is 1. The third-order valence-corrected chi connectivity index (χ3v) is 4.93. The first kappa shape index (κ1) is 13.3. The number of aldehydes is 1. The van der Waals surface area contributed by atoms with Crippen molar-refractivity contribution in [2.24, 2.45) is 0 Å². The van der Waals surface area contributed by atoms with Crippen LogP contribution in [0.1, 0.15) is 34.5 Å². The molecule has 4 heteroatoms. The number of carbonyl (C=O) groups is 1. The van der Waals surface area contributed by atoms with Gasteiger partial charge < -0.3 is 4.79 Å². The van der Waals surface area contributed by atoms with Crippen molar-refractivity contribution in [1.82, 2.24) is 4.57 Å². The summed E-state index contributed by atoms with van der Waals surface area (Å²) >= 11 is 1.59. The van der Waals surface area contributed by atoms with Crippen LogP contribution >= 0.6 is 11.3 Å². The number of benzene rings is 1. The maximum atomic E-state index is 10.9. The topological polar surface area (TPSA) is 45.9 Å². The second kappa shape index (κ2) is 5.37. The summed E-state index contributed by atoms with van der Waals surface area (Å²) in [6, 6.07) is 6.14. The lowest BCUT2D eigenvalue weighted by atomic mass is 10.0. The van der Waals surface area contributed by atoms with E-state index in [1.54, 1.807) is 11.3 Å². The van der Waals surface area contributed by atoms with E-state index in [4.69, 9.17) is 5.41 Å². The van der Waals surface area contributed by atoms with Crippen molar-refractivity contribution < 1.29 is 4.79 Å². The van der Waals surface area contributed by atoms with Gasteiger partial charge in [0.25, 0.3) is 0 Å². The summed E-state index contributed by atoms with van der Waals surface area (Å²) in [6.07, 6.45) is 5.90. The molecule has 1 aliphatic rings. The van der Waals surface area contributed by atoms with Crippen molar-refractivity contribution in [2.45, 2.75) is 39.0 Å². The van der Waals surface area contributed by atoms with Crippen LogP contribution in [0.15, 0.2) is 18.2 Å². The van der Waals surface area contributed by atoms with Crippen molar-refractivity contribution >= 4 is 17.6 Å². The van der Waals surface area contributed by atoms with Crippen LogP contribution in [-0.4, -0.2) is 10.9 Å². The highest BCUT2D eigenvalue weighted by molar-refractivity contribution is 7.09. The molecular formula is C16H18N2OS. The van der Waals surface area contributed by atoms with Crippen molar-refractivity contribution in [3.63, 3.8) is 0 Å². The molecule has 2 aromatic rings. The molecule has 1 aliphatic carbocycles. The number of thiazole rings is 1. The van der Waals surface area contributed by atoms with Gasteiger partial charge in [-0.3, -0.25) is 9.98 Å². The maximum Gasteiger partial charge on any atom is 0.187 e. The molecule has 1 aromatic carbocycles. The minimum absolute atomic E-state index is 0.409. The highest BCUT2D eigenvalue weighted by atomic mass is 32.1. The summed E-state index contributed by atoms with van der Waals surface area (Å²) < 4.78 is 2.06. The SMILES string of the molecule is Cc1ccc(CC=O)c(-n2c3c(sc2=N)CCCC3)c1. The Labute approximate surface area is 122 Å². The van der Waals surface area contributed by atoms with Crippen molar-refractivity contribution in [3.05, 3.63) is 44.7 Å². The van der Waals surface area contributed by atoms with E-state index >= 15 is 0 Å². The molecule has 0 radical (unpaired) electrons. The molecule has 0 atom stereocenters. The normalized spacial score (nSPS) is 14.1. The molecule has 104 valence electrons. The van der Waals surface area contributed by atoms with Crippen LogP contribution in [-0.2, 0) is 24.1 Å². The average molecular weight is 286 g/mol. The minimum Gasteiger partial charge on any atom is -0.303 e. The van der Waals surface area contributed by atoms with Gasteiger partial charge in [-0.2, -0.15) is 0 Å². The van der Waals surface area contributed by atoms with Crippen LogP contribution in [0.4, 0.5) is 0 Å². The first-order chi connectivity index (χ1) is 9.70. The molecule has 0 saturated carbocycles. The fourth-order valence-electron chi connectivity index (χ4n) is 2.89. The zero-order valence-electron chi connectivity index (χ0n) is 11.6. The summed E-state index contributed by atoms with van der Waals surface area (Å²) in [5, 5.41) is 8.30. The van der Waals surface area contributed by atoms with Gasteiger partial charge in [-0.15, -0.1) is 11.3 Å². The van der Waals surface area contributed by atoms with E-state index in [0.29, 0.717) is 11.2 Å². The molecule has 3 nitrogen and oxygen atoms in total. The quantitative estimate of drug-likeness (QED) is 0.866. The van der Waals surface area contributed by atoms with Gasteiger partial charge in [-0.05, 0) is 49.8 Å². The van der Waals surface area contributed by atoms with E-state index in [1.165, 1.54) is 23.4 Å². The Morgan fingerprint density at radius 2 is 2.15 bits per heavy atom. The van der Waals surface area contributed by atoms with E-state index in [2.05, 4.69) is 17.6 Å². The number of fused-ring (bicyclic) bond motifs is 1. The molecule has 1 aromatic heterocycles. The number of aromatic nitrogens is 1. The Hall–Kier alpha value is -1.68. The van der Waals surface area contributed by atoms with Crippen molar-refractivity contribution in [1.29, 1.82) is 5.41 Å². The van der Waals surface area contributed by atoms with Crippen molar-refractivity contribution in [3.8, 4) is 5.69 Å². The summed E-state index contributed by atoms with van der Waals surface area (Å²) in [7, 11) is 0. The lowest BCUT2D eigenvalue weighted by Gasteiger charge is -2.17. The predicted molar refractivity (Wildman–Crippen MR) is 80.6 cm³/mol. The molecule has 0 saturated heterocycles. The first-order valence-electron chi connectivity index (χ1n) is 7.02. The lowest BCUT2D eigenvalue weighted by molar-refractivity contribution is -0.107. The fourth-order valence-corrected chi connectivity index (χ4v) is 3.98. The number of carbonyl (C=O) groups excluding carboxylic acids is 1. The van der Waals surface area contributed by atoms with E-state index in [9.17, 15) is 4.79 Å².